The molecular formula is C46H64Br2O14. The molecule has 62 heavy (non-hydrogen) atoms. The predicted octanol–water partition coefficient (Wildman–Crippen LogP) is 7.40. The number of ether oxygens (including phenoxy) is 14. The minimum Gasteiger partial charge on any atom is -0.491 e. The van der Waals surface area contributed by atoms with Crippen molar-refractivity contribution in [3.63, 3.8) is 0 Å². The van der Waals surface area contributed by atoms with E-state index in [1.54, 1.807) is 14.2 Å². The number of methoxy groups -OCH3 is 2. The Morgan fingerprint density at radius 2 is 0.565 bits per heavy atom. The third kappa shape index (κ3) is 21.0. The first-order chi connectivity index (χ1) is 30.6. The molecule has 346 valence electrons. The molecule has 0 fully saturated rings. The lowest BCUT2D eigenvalue weighted by Gasteiger charge is -2.20. The second-order valence-electron chi connectivity index (χ2n) is 13.4. The zero-order valence-electron chi connectivity index (χ0n) is 36.2. The smallest absolute Gasteiger partial charge is 0.128 e. The quantitative estimate of drug-likeness (QED) is 0.0412. The molecule has 0 amide bonds. The van der Waals surface area contributed by atoms with Crippen LogP contribution in [0.1, 0.15) is 0 Å². The molecular weight excluding hydrogens is 936 g/mol. The van der Waals surface area contributed by atoms with Crippen LogP contribution in [0.15, 0.2) is 69.6 Å². The highest BCUT2D eigenvalue weighted by atomic mass is 79.9. The maximum absolute atomic E-state index is 6.42. The summed E-state index contributed by atoms with van der Waals surface area (Å²) >= 11 is 7.26. The van der Waals surface area contributed by atoms with Crippen molar-refractivity contribution < 1.29 is 66.3 Å². The molecule has 0 radical (unpaired) electrons. The van der Waals surface area contributed by atoms with Gasteiger partial charge in [0.25, 0.3) is 0 Å². The molecule has 14 nitrogen and oxygen atoms in total. The topological polar surface area (TPSA) is 129 Å². The van der Waals surface area contributed by atoms with Gasteiger partial charge < -0.3 is 66.3 Å². The first-order valence-corrected chi connectivity index (χ1v) is 22.7. The Morgan fingerprint density at radius 3 is 0.871 bits per heavy atom. The van der Waals surface area contributed by atoms with Gasteiger partial charge in [-0.05, 0) is 57.9 Å². The van der Waals surface area contributed by atoms with E-state index in [2.05, 4.69) is 68.3 Å². The Morgan fingerprint density at radius 1 is 0.306 bits per heavy atom. The highest BCUT2D eigenvalue weighted by molar-refractivity contribution is 9.10. The van der Waals surface area contributed by atoms with E-state index >= 15 is 0 Å². The number of halogens is 2. The molecule has 0 bridgehead atoms. The first kappa shape index (κ1) is 52.1. The summed E-state index contributed by atoms with van der Waals surface area (Å²) in [6, 6.07) is 20.7. The van der Waals surface area contributed by atoms with E-state index < -0.39 is 0 Å². The van der Waals surface area contributed by atoms with Gasteiger partial charge in [0.1, 0.15) is 24.7 Å². The standard InChI is InChI=1S/C46H64Br2O14/c1-49-11-13-51-14-15-52-16-17-53-18-19-54-20-21-55-22-23-56-24-25-57-26-27-58-28-29-59-30-31-60-32-34-62-44-10-4-38-36-40(48)6-8-42(38)46(44)45-41-7-5-39(47)35-37(41)3-9-43(45)61-33-12-50-2/h3-10,35-36H,11-34H2,1-2H3. The van der Waals surface area contributed by atoms with Crippen molar-refractivity contribution >= 4 is 53.4 Å². The second-order valence-corrected chi connectivity index (χ2v) is 15.2. The summed E-state index contributed by atoms with van der Waals surface area (Å²) < 4.78 is 80.4. The molecule has 0 spiro atoms. The van der Waals surface area contributed by atoms with Crippen LogP contribution in [-0.2, 0) is 56.8 Å². The molecule has 0 aliphatic heterocycles. The van der Waals surface area contributed by atoms with Gasteiger partial charge in [-0.25, -0.2) is 0 Å². The highest BCUT2D eigenvalue weighted by Gasteiger charge is 2.20. The van der Waals surface area contributed by atoms with Crippen molar-refractivity contribution in [3.8, 4) is 22.6 Å². The average molecular weight is 1000 g/mol. The van der Waals surface area contributed by atoms with Crippen molar-refractivity contribution in [2.45, 2.75) is 0 Å². The van der Waals surface area contributed by atoms with Crippen LogP contribution in [0.2, 0.25) is 0 Å². The van der Waals surface area contributed by atoms with Gasteiger partial charge >= 0.3 is 0 Å². The predicted molar refractivity (Wildman–Crippen MR) is 245 cm³/mol. The molecule has 0 saturated heterocycles. The third-order valence-corrected chi connectivity index (χ3v) is 9.93. The van der Waals surface area contributed by atoms with Crippen LogP contribution in [0.5, 0.6) is 11.5 Å². The fraction of sp³-hybridized carbons (Fsp3) is 0.565. The Balaban J connectivity index is 0.984. The normalized spacial score (nSPS) is 11.6. The Kier molecular flexibility index (Phi) is 28.5. The fourth-order valence-electron chi connectivity index (χ4n) is 5.99. The zero-order valence-corrected chi connectivity index (χ0v) is 39.4. The lowest BCUT2D eigenvalue weighted by molar-refractivity contribution is -0.0273. The van der Waals surface area contributed by atoms with Crippen LogP contribution in [0.4, 0.5) is 0 Å². The third-order valence-electron chi connectivity index (χ3n) is 8.95. The number of benzene rings is 4. The molecule has 0 heterocycles. The van der Waals surface area contributed by atoms with Crippen molar-refractivity contribution in [1.29, 1.82) is 0 Å². The van der Waals surface area contributed by atoms with Crippen LogP contribution >= 0.6 is 31.9 Å². The molecule has 16 heteroatoms. The van der Waals surface area contributed by atoms with E-state index in [1.807, 2.05) is 24.3 Å². The minimum atomic E-state index is 0.367. The number of hydrogen-bond donors (Lipinski definition) is 0. The summed E-state index contributed by atoms with van der Waals surface area (Å²) in [5, 5.41) is 4.28. The largest absolute Gasteiger partial charge is 0.491 e. The molecule has 0 aliphatic carbocycles. The second kappa shape index (κ2) is 33.9. The monoisotopic (exact) mass is 998 g/mol. The van der Waals surface area contributed by atoms with Gasteiger partial charge in [0.15, 0.2) is 0 Å². The van der Waals surface area contributed by atoms with E-state index in [1.165, 1.54) is 0 Å². The molecule has 4 aromatic rings. The van der Waals surface area contributed by atoms with E-state index in [-0.39, 0.29) is 0 Å². The lowest BCUT2D eigenvalue weighted by atomic mass is 9.92. The van der Waals surface area contributed by atoms with Gasteiger partial charge in [-0.3, -0.25) is 0 Å². The van der Waals surface area contributed by atoms with E-state index in [0.717, 1.165) is 53.1 Å². The van der Waals surface area contributed by atoms with Crippen LogP contribution in [0, 0.1) is 0 Å². The van der Waals surface area contributed by atoms with Gasteiger partial charge in [-0.1, -0.05) is 56.1 Å². The van der Waals surface area contributed by atoms with Gasteiger partial charge in [0.05, 0.1) is 145 Å². The van der Waals surface area contributed by atoms with E-state index in [0.29, 0.717) is 159 Å². The fourth-order valence-corrected chi connectivity index (χ4v) is 6.74. The summed E-state index contributed by atoms with van der Waals surface area (Å²) in [6.45, 7) is 11.8. The molecule has 4 rings (SSSR count). The molecule has 0 aliphatic rings. The summed E-state index contributed by atoms with van der Waals surface area (Å²) in [7, 11) is 3.31. The van der Waals surface area contributed by atoms with E-state index in [9.17, 15) is 0 Å². The molecule has 0 atom stereocenters. The van der Waals surface area contributed by atoms with Gasteiger partial charge in [0, 0.05) is 34.3 Å². The van der Waals surface area contributed by atoms with Gasteiger partial charge in [-0.2, -0.15) is 0 Å². The van der Waals surface area contributed by atoms with Crippen molar-refractivity contribution in [1.82, 2.24) is 0 Å². The Bertz CT molecular complexity index is 1770. The van der Waals surface area contributed by atoms with Crippen LogP contribution in [-0.4, -0.2) is 173 Å². The first-order valence-electron chi connectivity index (χ1n) is 21.1. The summed E-state index contributed by atoms with van der Waals surface area (Å²) in [5.74, 6) is 1.51. The van der Waals surface area contributed by atoms with Gasteiger partial charge in [0.2, 0.25) is 0 Å². The van der Waals surface area contributed by atoms with Crippen molar-refractivity contribution in [2.24, 2.45) is 0 Å². The number of hydrogen-bond acceptors (Lipinski definition) is 14. The molecule has 0 N–H and O–H groups in total. The molecule has 0 aromatic heterocycles. The van der Waals surface area contributed by atoms with E-state index in [4.69, 9.17) is 66.3 Å². The van der Waals surface area contributed by atoms with Crippen LogP contribution in [0.25, 0.3) is 32.7 Å². The molecule has 0 saturated carbocycles. The summed E-state index contributed by atoms with van der Waals surface area (Å²) in [5.41, 5.74) is 1.93. The zero-order chi connectivity index (χ0) is 43.7. The maximum Gasteiger partial charge on any atom is 0.128 e. The average Bonchev–Trinajstić information content (AvgIpc) is 3.28. The SMILES string of the molecule is COCCOCCOCCOCCOCCOCCOCCOCCOCCOCCOCCOc1ccc2cc(Br)ccc2c1-c1c(OCCOC)ccc2cc(Br)ccc12. The van der Waals surface area contributed by atoms with Crippen molar-refractivity contribution in [3.05, 3.63) is 69.6 Å². The molecule has 0 unspecified atom stereocenters. The van der Waals surface area contributed by atoms with Crippen molar-refractivity contribution in [2.75, 3.05) is 173 Å². The summed E-state index contributed by atoms with van der Waals surface area (Å²) in [4.78, 5) is 0. The molecule has 4 aromatic carbocycles. The van der Waals surface area contributed by atoms with Crippen LogP contribution in [0.3, 0.4) is 0 Å². The Labute approximate surface area is 383 Å². The minimum absolute atomic E-state index is 0.367. The Hall–Kier alpha value is -2.52. The summed E-state index contributed by atoms with van der Waals surface area (Å²) in [6.07, 6.45) is 0. The number of rotatable bonds is 39. The lowest BCUT2D eigenvalue weighted by Crippen LogP contribution is -2.15. The highest BCUT2D eigenvalue weighted by Crippen LogP contribution is 2.46. The number of fused-ring (bicyclic) bond motifs is 2. The van der Waals surface area contributed by atoms with Gasteiger partial charge in [-0.15, -0.1) is 0 Å². The van der Waals surface area contributed by atoms with Crippen LogP contribution < -0.4 is 9.47 Å². The maximum atomic E-state index is 6.42.